The lowest BCUT2D eigenvalue weighted by molar-refractivity contribution is -0.122. The largest absolute Gasteiger partial charge is 0.354 e. The normalized spacial score (nSPS) is 10.8. The summed E-state index contributed by atoms with van der Waals surface area (Å²) in [6.45, 7) is 7.85. The van der Waals surface area contributed by atoms with E-state index in [1.54, 1.807) is 0 Å². The van der Waals surface area contributed by atoms with Crippen LogP contribution in [0.25, 0.3) is 0 Å². The molecular weight excluding hydrogens is 228 g/mol. The Bertz CT molecular complexity index is 234. The number of rotatable bonds is 9. The summed E-state index contributed by atoms with van der Waals surface area (Å²) in [4.78, 5) is 22.7. The zero-order valence-electron chi connectivity index (χ0n) is 12.2. The van der Waals surface area contributed by atoms with Crippen LogP contribution >= 0.6 is 0 Å². The van der Waals surface area contributed by atoms with Gasteiger partial charge in [0.2, 0.25) is 11.8 Å². The predicted molar refractivity (Wildman–Crippen MR) is 78.5 cm³/mol. The molecular formula is C14H32N2O2. The average Bonchev–Trinajstić information content (AvgIpc) is 2.20. The number of unbranched alkanes of at least 4 members (excludes halogenated alkanes) is 3. The van der Waals surface area contributed by atoms with Gasteiger partial charge in [0.25, 0.3) is 0 Å². The van der Waals surface area contributed by atoms with Gasteiger partial charge < -0.3 is 10.6 Å². The van der Waals surface area contributed by atoms with Crippen LogP contribution < -0.4 is 10.6 Å². The Balaban J connectivity index is -0.00000144. The van der Waals surface area contributed by atoms with E-state index in [9.17, 15) is 9.59 Å². The maximum absolute atomic E-state index is 11.3. The Kier molecular flexibility index (Phi) is 9.33. The highest BCUT2D eigenvalue weighted by atomic mass is 16.2. The molecule has 2 amide bonds. The first-order chi connectivity index (χ1) is 8.41. The molecule has 0 aliphatic heterocycles. The third-order valence-electron chi connectivity index (χ3n) is 2.46. The molecule has 0 bridgehead atoms. The molecule has 4 nitrogen and oxygen atoms in total. The van der Waals surface area contributed by atoms with E-state index in [4.69, 9.17) is 0 Å². The van der Waals surface area contributed by atoms with Gasteiger partial charge in [0.05, 0.1) is 0 Å². The van der Waals surface area contributed by atoms with Gasteiger partial charge in [-0.2, -0.15) is 0 Å². The Morgan fingerprint density at radius 1 is 0.778 bits per heavy atom. The van der Waals surface area contributed by atoms with Gasteiger partial charge in [-0.15, -0.1) is 0 Å². The molecule has 0 atom stereocenters. The van der Waals surface area contributed by atoms with Crippen molar-refractivity contribution in [2.24, 2.45) is 0 Å². The van der Waals surface area contributed by atoms with Crippen LogP contribution in [-0.2, 0) is 9.59 Å². The highest BCUT2D eigenvalue weighted by Crippen LogP contribution is 2.05. The molecule has 0 aliphatic carbocycles. The molecule has 0 saturated carbocycles. The van der Waals surface area contributed by atoms with Crippen molar-refractivity contribution >= 4 is 11.8 Å². The van der Waals surface area contributed by atoms with Crippen molar-refractivity contribution in [2.45, 2.75) is 78.3 Å². The zero-order chi connectivity index (χ0) is 14.0. The lowest BCUT2D eigenvalue weighted by Crippen LogP contribution is -2.30. The number of hydrogen-bond acceptors (Lipinski definition) is 2. The van der Waals surface area contributed by atoms with Crippen LogP contribution in [0.3, 0.4) is 0 Å². The second kappa shape index (κ2) is 9.92. The molecule has 0 rings (SSSR count). The molecule has 0 aromatic rings. The van der Waals surface area contributed by atoms with Crippen LogP contribution in [0.1, 0.15) is 69.1 Å². The minimum atomic E-state index is 0. The van der Waals surface area contributed by atoms with E-state index in [1.807, 2.05) is 27.7 Å². The van der Waals surface area contributed by atoms with Crippen molar-refractivity contribution in [3.8, 4) is 0 Å². The SMILES string of the molecule is CC(C)NC(=O)CCCCCCC(=O)NC(C)C.[HH].[HH]. The number of hydrogen-bond donors (Lipinski definition) is 2. The zero-order valence-corrected chi connectivity index (χ0v) is 12.2. The van der Waals surface area contributed by atoms with E-state index in [1.165, 1.54) is 0 Å². The molecule has 110 valence electrons. The second-order valence-electron chi connectivity index (χ2n) is 5.36. The van der Waals surface area contributed by atoms with E-state index < -0.39 is 0 Å². The quantitative estimate of drug-likeness (QED) is 0.626. The van der Waals surface area contributed by atoms with Crippen LogP contribution in [0.5, 0.6) is 0 Å². The minimum absolute atomic E-state index is 0. The summed E-state index contributed by atoms with van der Waals surface area (Å²) in [7, 11) is 0. The molecule has 2 N–H and O–H groups in total. The summed E-state index contributed by atoms with van der Waals surface area (Å²) in [5.41, 5.74) is 0. The smallest absolute Gasteiger partial charge is 0.220 e. The average molecular weight is 260 g/mol. The van der Waals surface area contributed by atoms with Crippen molar-refractivity contribution in [1.29, 1.82) is 0 Å². The van der Waals surface area contributed by atoms with Crippen molar-refractivity contribution in [2.75, 3.05) is 0 Å². The Morgan fingerprint density at radius 3 is 1.39 bits per heavy atom. The maximum Gasteiger partial charge on any atom is 0.220 e. The molecule has 0 heterocycles. The summed E-state index contributed by atoms with van der Waals surface area (Å²) in [6.07, 6.45) is 5.03. The van der Waals surface area contributed by atoms with E-state index in [-0.39, 0.29) is 26.8 Å². The first-order valence-electron chi connectivity index (χ1n) is 7.00. The van der Waals surface area contributed by atoms with Crippen molar-refractivity contribution in [1.82, 2.24) is 10.6 Å². The molecule has 18 heavy (non-hydrogen) atoms. The van der Waals surface area contributed by atoms with Crippen LogP contribution in [0.2, 0.25) is 0 Å². The molecule has 0 saturated heterocycles. The standard InChI is InChI=1S/C14H28N2O2.2H2/c1-11(2)15-13(17)9-7-5-6-8-10-14(18)16-12(3)4;;/h11-12H,5-10H2,1-4H3,(H,15,17)(H,16,18);2*1H. The van der Waals surface area contributed by atoms with Crippen LogP contribution in [0.15, 0.2) is 0 Å². The highest BCUT2D eigenvalue weighted by Gasteiger charge is 2.04. The number of carbonyl (C=O) groups excluding carboxylic acids is 2. The molecule has 4 heteroatoms. The molecule has 0 spiro atoms. The summed E-state index contributed by atoms with van der Waals surface area (Å²) < 4.78 is 0. The molecule has 0 aliphatic rings. The number of carbonyl (C=O) groups is 2. The van der Waals surface area contributed by atoms with E-state index in [0.29, 0.717) is 12.8 Å². The fourth-order valence-electron chi connectivity index (χ4n) is 1.71. The lowest BCUT2D eigenvalue weighted by Gasteiger charge is -2.08. The summed E-state index contributed by atoms with van der Waals surface area (Å²) in [6, 6.07) is 0.439. The number of amides is 2. The predicted octanol–water partition coefficient (Wildman–Crippen LogP) is 2.87. The monoisotopic (exact) mass is 260 g/mol. The lowest BCUT2D eigenvalue weighted by atomic mass is 10.1. The minimum Gasteiger partial charge on any atom is -0.354 e. The van der Waals surface area contributed by atoms with Crippen LogP contribution in [-0.4, -0.2) is 23.9 Å². The Labute approximate surface area is 114 Å². The van der Waals surface area contributed by atoms with Crippen molar-refractivity contribution in [3.05, 3.63) is 0 Å². The van der Waals surface area contributed by atoms with Crippen molar-refractivity contribution < 1.29 is 12.4 Å². The van der Waals surface area contributed by atoms with Crippen molar-refractivity contribution in [3.63, 3.8) is 0 Å². The fourth-order valence-corrected chi connectivity index (χ4v) is 1.71. The first kappa shape index (κ1) is 16.9. The second-order valence-corrected chi connectivity index (χ2v) is 5.36. The van der Waals surface area contributed by atoms with Gasteiger partial charge in [-0.25, -0.2) is 0 Å². The van der Waals surface area contributed by atoms with Gasteiger partial charge in [-0.05, 0) is 40.5 Å². The third kappa shape index (κ3) is 11.4. The van der Waals surface area contributed by atoms with Crippen LogP contribution in [0.4, 0.5) is 0 Å². The Morgan fingerprint density at radius 2 is 1.11 bits per heavy atom. The van der Waals surface area contributed by atoms with Gasteiger partial charge in [0.15, 0.2) is 0 Å². The van der Waals surface area contributed by atoms with E-state index in [0.717, 1.165) is 25.7 Å². The number of nitrogens with one attached hydrogen (secondary N) is 2. The van der Waals surface area contributed by atoms with Gasteiger partial charge >= 0.3 is 0 Å². The first-order valence-corrected chi connectivity index (χ1v) is 7.00. The Hall–Kier alpha value is -1.06. The van der Waals surface area contributed by atoms with Crippen LogP contribution in [0, 0.1) is 0 Å². The maximum atomic E-state index is 11.3. The molecule has 0 radical (unpaired) electrons. The van der Waals surface area contributed by atoms with Gasteiger partial charge in [0, 0.05) is 27.8 Å². The molecule has 0 aromatic heterocycles. The topological polar surface area (TPSA) is 58.2 Å². The summed E-state index contributed by atoms with van der Waals surface area (Å²) >= 11 is 0. The van der Waals surface area contributed by atoms with E-state index in [2.05, 4.69) is 10.6 Å². The van der Waals surface area contributed by atoms with E-state index >= 15 is 0 Å². The van der Waals surface area contributed by atoms with Gasteiger partial charge in [-0.3, -0.25) is 9.59 Å². The third-order valence-corrected chi connectivity index (χ3v) is 2.46. The molecule has 0 aromatic carbocycles. The fraction of sp³-hybridized carbons (Fsp3) is 0.857. The summed E-state index contributed by atoms with van der Waals surface area (Å²) in [5, 5.41) is 5.74. The molecule has 0 unspecified atom stereocenters. The van der Waals surface area contributed by atoms with Gasteiger partial charge in [-0.1, -0.05) is 12.8 Å². The van der Waals surface area contributed by atoms with Gasteiger partial charge in [0.1, 0.15) is 0 Å². The summed E-state index contributed by atoms with van der Waals surface area (Å²) in [5.74, 6) is 0.255. The highest BCUT2D eigenvalue weighted by molar-refractivity contribution is 5.76. The molecule has 0 fully saturated rings.